The Balaban J connectivity index is 2.25. The van der Waals surface area contributed by atoms with Crippen LogP contribution >= 0.6 is 0 Å². The van der Waals surface area contributed by atoms with E-state index in [0.717, 1.165) is 16.5 Å². The van der Waals surface area contributed by atoms with E-state index in [1.54, 1.807) is 32.4 Å². The number of primary amides is 1. The van der Waals surface area contributed by atoms with Crippen LogP contribution in [0.4, 0.5) is 0 Å². The minimum atomic E-state index is -0.520. The number of aromatic nitrogens is 1. The fourth-order valence-electron chi connectivity index (χ4n) is 2.51. The largest absolute Gasteiger partial charge is 0.493 e. The van der Waals surface area contributed by atoms with E-state index in [1.165, 1.54) is 0 Å². The lowest BCUT2D eigenvalue weighted by Gasteiger charge is -2.12. The van der Waals surface area contributed by atoms with Crippen LogP contribution in [0, 0.1) is 0 Å². The van der Waals surface area contributed by atoms with Crippen molar-refractivity contribution in [3.8, 4) is 22.8 Å². The lowest BCUT2D eigenvalue weighted by Crippen LogP contribution is -2.13. The molecule has 0 aliphatic carbocycles. The molecular weight excluding hydrogens is 292 g/mol. The fourth-order valence-corrected chi connectivity index (χ4v) is 2.51. The maximum Gasteiger partial charge on any atom is 0.250 e. The molecule has 0 radical (unpaired) electrons. The third-order valence-corrected chi connectivity index (χ3v) is 3.65. The maximum atomic E-state index is 11.8. The van der Waals surface area contributed by atoms with Crippen LogP contribution in [-0.2, 0) is 0 Å². The number of nitrogens with zero attached hydrogens (tertiary/aromatic N) is 1. The number of hydrogen-bond donors (Lipinski definition) is 1. The molecule has 0 saturated heterocycles. The molecule has 2 N–H and O–H groups in total. The average molecular weight is 308 g/mol. The molecule has 1 heterocycles. The van der Waals surface area contributed by atoms with Gasteiger partial charge in [0.1, 0.15) is 0 Å². The van der Waals surface area contributed by atoms with Gasteiger partial charge in [0.25, 0.3) is 5.91 Å². The zero-order chi connectivity index (χ0) is 16.4. The van der Waals surface area contributed by atoms with Crippen molar-refractivity contribution in [2.45, 2.75) is 0 Å². The fraction of sp³-hybridized carbons (Fsp3) is 0.111. The van der Waals surface area contributed by atoms with Gasteiger partial charge in [-0.15, -0.1) is 0 Å². The predicted molar refractivity (Wildman–Crippen MR) is 88.8 cm³/mol. The summed E-state index contributed by atoms with van der Waals surface area (Å²) in [5, 5.41) is 0.866. The van der Waals surface area contributed by atoms with Gasteiger partial charge in [-0.05, 0) is 30.3 Å². The topological polar surface area (TPSA) is 74.4 Å². The van der Waals surface area contributed by atoms with Crippen LogP contribution in [0.5, 0.6) is 11.5 Å². The highest BCUT2D eigenvalue weighted by Crippen LogP contribution is 2.33. The minimum Gasteiger partial charge on any atom is -0.493 e. The molecule has 0 saturated carbocycles. The van der Waals surface area contributed by atoms with E-state index in [4.69, 9.17) is 15.2 Å². The summed E-state index contributed by atoms with van der Waals surface area (Å²) in [4.78, 5) is 16.4. The molecule has 1 amide bonds. The van der Waals surface area contributed by atoms with Crippen molar-refractivity contribution in [3.05, 3.63) is 54.1 Å². The first-order valence-corrected chi connectivity index (χ1v) is 7.06. The highest BCUT2D eigenvalue weighted by atomic mass is 16.5. The van der Waals surface area contributed by atoms with E-state index in [0.29, 0.717) is 22.8 Å². The summed E-state index contributed by atoms with van der Waals surface area (Å²) in [6.07, 6.45) is 0. The molecule has 0 fully saturated rings. The summed E-state index contributed by atoms with van der Waals surface area (Å²) in [6.45, 7) is 0. The van der Waals surface area contributed by atoms with Crippen LogP contribution in [0.3, 0.4) is 0 Å². The molecule has 23 heavy (non-hydrogen) atoms. The number of carbonyl (C=O) groups excluding carboxylic acids is 1. The van der Waals surface area contributed by atoms with E-state index in [1.807, 2.05) is 30.3 Å². The number of methoxy groups -OCH3 is 2. The van der Waals surface area contributed by atoms with Crippen molar-refractivity contribution in [1.82, 2.24) is 4.98 Å². The Morgan fingerprint density at radius 2 is 1.74 bits per heavy atom. The van der Waals surface area contributed by atoms with Gasteiger partial charge in [-0.25, -0.2) is 4.98 Å². The highest BCUT2D eigenvalue weighted by molar-refractivity contribution is 6.02. The van der Waals surface area contributed by atoms with Gasteiger partial charge in [0.15, 0.2) is 11.5 Å². The molecule has 5 nitrogen and oxygen atoms in total. The van der Waals surface area contributed by atoms with Crippen LogP contribution in [0.25, 0.3) is 22.2 Å². The Hall–Kier alpha value is -3.08. The Bertz CT molecular complexity index is 891. The summed E-state index contributed by atoms with van der Waals surface area (Å²) < 4.78 is 10.6. The van der Waals surface area contributed by atoms with Gasteiger partial charge in [0.2, 0.25) is 0 Å². The maximum absolute atomic E-state index is 11.8. The van der Waals surface area contributed by atoms with E-state index in [9.17, 15) is 4.79 Å². The summed E-state index contributed by atoms with van der Waals surface area (Å²) >= 11 is 0. The SMILES string of the molecule is COc1ccc(-c2nc3ccccc3cc2C(N)=O)cc1OC. The van der Waals surface area contributed by atoms with Gasteiger partial charge in [0.05, 0.1) is 31.0 Å². The third-order valence-electron chi connectivity index (χ3n) is 3.65. The summed E-state index contributed by atoms with van der Waals surface area (Å²) in [5.74, 6) is 0.654. The molecule has 2 aromatic carbocycles. The summed E-state index contributed by atoms with van der Waals surface area (Å²) in [5.41, 5.74) is 7.96. The van der Waals surface area contributed by atoms with Gasteiger partial charge in [-0.3, -0.25) is 4.79 Å². The number of nitrogens with two attached hydrogens (primary N) is 1. The standard InChI is InChI=1S/C18H16N2O3/c1-22-15-8-7-12(10-16(15)23-2)17-13(18(19)21)9-11-5-3-4-6-14(11)20-17/h3-10H,1-2H3,(H2,19,21). The van der Waals surface area contributed by atoms with Crippen molar-refractivity contribution in [1.29, 1.82) is 0 Å². The molecule has 116 valence electrons. The Morgan fingerprint density at radius 1 is 1.00 bits per heavy atom. The minimum absolute atomic E-state index is 0.371. The second-order valence-electron chi connectivity index (χ2n) is 5.01. The van der Waals surface area contributed by atoms with Crippen LogP contribution in [0.1, 0.15) is 10.4 Å². The zero-order valence-corrected chi connectivity index (χ0v) is 12.9. The molecule has 0 spiro atoms. The van der Waals surface area contributed by atoms with E-state index in [2.05, 4.69) is 4.98 Å². The van der Waals surface area contributed by atoms with Crippen molar-refractivity contribution >= 4 is 16.8 Å². The average Bonchev–Trinajstić information content (AvgIpc) is 2.59. The summed E-state index contributed by atoms with van der Waals surface area (Å²) in [6, 6.07) is 14.7. The Morgan fingerprint density at radius 3 is 2.43 bits per heavy atom. The second-order valence-corrected chi connectivity index (χ2v) is 5.01. The van der Waals surface area contributed by atoms with E-state index in [-0.39, 0.29) is 0 Å². The number of ether oxygens (including phenoxy) is 2. The van der Waals surface area contributed by atoms with Gasteiger partial charge in [0, 0.05) is 10.9 Å². The molecule has 0 atom stereocenters. The molecule has 3 rings (SSSR count). The quantitative estimate of drug-likeness (QED) is 0.804. The number of fused-ring (bicyclic) bond motifs is 1. The highest BCUT2D eigenvalue weighted by Gasteiger charge is 2.15. The smallest absolute Gasteiger partial charge is 0.250 e. The Labute approximate surface area is 133 Å². The number of carbonyl (C=O) groups is 1. The van der Waals surface area contributed by atoms with Crippen molar-refractivity contribution in [2.75, 3.05) is 14.2 Å². The second kappa shape index (κ2) is 5.96. The molecule has 5 heteroatoms. The number of pyridine rings is 1. The normalized spacial score (nSPS) is 10.5. The first-order chi connectivity index (χ1) is 11.1. The lowest BCUT2D eigenvalue weighted by molar-refractivity contribution is 0.100. The van der Waals surface area contributed by atoms with Gasteiger partial charge in [-0.2, -0.15) is 0 Å². The molecule has 1 aromatic heterocycles. The molecule has 0 aliphatic rings. The van der Waals surface area contributed by atoms with Crippen LogP contribution in [-0.4, -0.2) is 25.1 Å². The van der Waals surface area contributed by atoms with Gasteiger partial charge in [-0.1, -0.05) is 18.2 Å². The number of para-hydroxylation sites is 1. The molecule has 0 bridgehead atoms. The first-order valence-electron chi connectivity index (χ1n) is 7.06. The van der Waals surface area contributed by atoms with Gasteiger partial charge < -0.3 is 15.2 Å². The van der Waals surface area contributed by atoms with Crippen molar-refractivity contribution in [2.24, 2.45) is 5.73 Å². The van der Waals surface area contributed by atoms with E-state index < -0.39 is 5.91 Å². The van der Waals surface area contributed by atoms with Crippen LogP contribution < -0.4 is 15.2 Å². The third kappa shape index (κ3) is 2.68. The van der Waals surface area contributed by atoms with E-state index >= 15 is 0 Å². The molecule has 0 unspecified atom stereocenters. The summed E-state index contributed by atoms with van der Waals surface area (Å²) in [7, 11) is 3.13. The monoisotopic (exact) mass is 308 g/mol. The number of hydrogen-bond acceptors (Lipinski definition) is 4. The number of benzene rings is 2. The van der Waals surface area contributed by atoms with Crippen LogP contribution in [0.15, 0.2) is 48.5 Å². The first kappa shape index (κ1) is 14.8. The van der Waals surface area contributed by atoms with Crippen molar-refractivity contribution in [3.63, 3.8) is 0 Å². The number of rotatable bonds is 4. The number of amides is 1. The lowest BCUT2D eigenvalue weighted by atomic mass is 10.0. The van der Waals surface area contributed by atoms with Gasteiger partial charge >= 0.3 is 0 Å². The molecule has 3 aromatic rings. The Kier molecular flexibility index (Phi) is 3.85. The zero-order valence-electron chi connectivity index (χ0n) is 12.9. The predicted octanol–water partition coefficient (Wildman–Crippen LogP) is 3.02. The molecular formula is C18H16N2O3. The van der Waals surface area contributed by atoms with Crippen molar-refractivity contribution < 1.29 is 14.3 Å². The van der Waals surface area contributed by atoms with Crippen LogP contribution in [0.2, 0.25) is 0 Å². The molecule has 0 aliphatic heterocycles.